The van der Waals surface area contributed by atoms with Crippen LogP contribution in [-0.4, -0.2) is 16.1 Å². The number of nitrogens with two attached hydrogens (primary N) is 1. The van der Waals surface area contributed by atoms with E-state index in [2.05, 4.69) is 15.5 Å². The van der Waals surface area contributed by atoms with Crippen molar-refractivity contribution in [3.05, 3.63) is 59.5 Å². The van der Waals surface area contributed by atoms with Gasteiger partial charge in [-0.15, -0.1) is 0 Å². The van der Waals surface area contributed by atoms with Crippen LogP contribution >= 0.6 is 0 Å². The molecule has 1 aromatic heterocycles. The minimum atomic E-state index is -0.337. The molecule has 0 radical (unpaired) electrons. The molecule has 0 fully saturated rings. The number of H-pyrrole nitrogens is 1. The maximum absolute atomic E-state index is 13.1. The maximum Gasteiger partial charge on any atom is 0.272 e. The predicted octanol–water partition coefficient (Wildman–Crippen LogP) is 2.21. The Hall–Kier alpha value is -2.89. The molecule has 0 atom stereocenters. The lowest BCUT2D eigenvalue weighted by molar-refractivity contribution is 0.0947. The monoisotopic (exact) mass is 284 g/mol. The Kier molecular flexibility index (Phi) is 3.27. The van der Waals surface area contributed by atoms with Crippen LogP contribution in [0, 0.1) is 5.82 Å². The van der Waals surface area contributed by atoms with Gasteiger partial charge >= 0.3 is 0 Å². The van der Waals surface area contributed by atoms with E-state index in [0.29, 0.717) is 16.6 Å². The van der Waals surface area contributed by atoms with Crippen LogP contribution in [0.5, 0.6) is 0 Å². The molecule has 6 heteroatoms. The van der Waals surface area contributed by atoms with Crippen molar-refractivity contribution >= 4 is 22.5 Å². The first-order valence-corrected chi connectivity index (χ1v) is 6.40. The molecular weight excluding hydrogens is 271 g/mol. The van der Waals surface area contributed by atoms with E-state index in [1.54, 1.807) is 30.3 Å². The van der Waals surface area contributed by atoms with Gasteiger partial charge in [0.25, 0.3) is 5.91 Å². The van der Waals surface area contributed by atoms with E-state index in [1.807, 2.05) is 0 Å². The molecule has 1 heterocycles. The van der Waals surface area contributed by atoms with Gasteiger partial charge in [0.15, 0.2) is 5.69 Å². The fourth-order valence-electron chi connectivity index (χ4n) is 2.12. The third kappa shape index (κ3) is 2.69. The Morgan fingerprint density at radius 1 is 1.29 bits per heavy atom. The van der Waals surface area contributed by atoms with Gasteiger partial charge in [0.05, 0.1) is 5.52 Å². The maximum atomic E-state index is 13.1. The smallest absolute Gasteiger partial charge is 0.272 e. The Morgan fingerprint density at radius 2 is 2.14 bits per heavy atom. The summed E-state index contributed by atoms with van der Waals surface area (Å²) in [5.41, 5.74) is 7.97. The molecule has 0 aliphatic rings. The minimum absolute atomic E-state index is 0.229. The largest absolute Gasteiger partial charge is 0.399 e. The second kappa shape index (κ2) is 5.24. The SMILES string of the molecule is Nc1ccc2[nH]nc(C(=O)NCc3cccc(F)c3)c2c1. The molecule has 0 bridgehead atoms. The summed E-state index contributed by atoms with van der Waals surface area (Å²) < 4.78 is 13.1. The highest BCUT2D eigenvalue weighted by molar-refractivity contribution is 6.05. The van der Waals surface area contributed by atoms with Crippen molar-refractivity contribution in [3.63, 3.8) is 0 Å². The molecule has 21 heavy (non-hydrogen) atoms. The average molecular weight is 284 g/mol. The van der Waals surface area contributed by atoms with Crippen molar-refractivity contribution in [1.82, 2.24) is 15.5 Å². The number of nitrogens with zero attached hydrogens (tertiary/aromatic N) is 1. The highest BCUT2D eigenvalue weighted by Crippen LogP contribution is 2.18. The van der Waals surface area contributed by atoms with Crippen LogP contribution in [0.1, 0.15) is 16.1 Å². The van der Waals surface area contributed by atoms with Crippen molar-refractivity contribution in [2.75, 3.05) is 5.73 Å². The summed E-state index contributed by atoms with van der Waals surface area (Å²) in [6.07, 6.45) is 0. The first-order chi connectivity index (χ1) is 10.1. The molecule has 2 aromatic carbocycles. The van der Waals surface area contributed by atoms with Crippen LogP contribution < -0.4 is 11.1 Å². The molecule has 106 valence electrons. The average Bonchev–Trinajstić information content (AvgIpc) is 2.88. The Labute approximate surface area is 120 Å². The lowest BCUT2D eigenvalue weighted by Crippen LogP contribution is -2.23. The number of aromatic amines is 1. The standard InChI is InChI=1S/C15H13FN4O/c16-10-3-1-2-9(6-10)8-18-15(21)14-12-7-11(17)4-5-13(12)19-20-14/h1-7H,8,17H2,(H,18,21)(H,19,20). The van der Waals surface area contributed by atoms with E-state index in [9.17, 15) is 9.18 Å². The van der Waals surface area contributed by atoms with E-state index in [1.165, 1.54) is 12.1 Å². The second-order valence-corrected chi connectivity index (χ2v) is 4.69. The molecule has 3 aromatic rings. The Morgan fingerprint density at radius 3 is 2.95 bits per heavy atom. The highest BCUT2D eigenvalue weighted by Gasteiger charge is 2.14. The van der Waals surface area contributed by atoms with E-state index in [0.717, 1.165) is 5.52 Å². The zero-order valence-electron chi connectivity index (χ0n) is 11.1. The van der Waals surface area contributed by atoms with E-state index in [4.69, 9.17) is 5.73 Å². The number of aromatic nitrogens is 2. The Bertz CT molecular complexity index is 812. The van der Waals surface area contributed by atoms with Crippen molar-refractivity contribution < 1.29 is 9.18 Å². The molecular formula is C15H13FN4O. The number of rotatable bonds is 3. The third-order valence-corrected chi connectivity index (χ3v) is 3.14. The summed E-state index contributed by atoms with van der Waals surface area (Å²) in [6, 6.07) is 11.3. The first-order valence-electron chi connectivity index (χ1n) is 6.40. The van der Waals surface area contributed by atoms with Crippen LogP contribution in [0.25, 0.3) is 10.9 Å². The van der Waals surface area contributed by atoms with Crippen LogP contribution in [0.4, 0.5) is 10.1 Å². The lowest BCUT2D eigenvalue weighted by atomic mass is 10.1. The highest BCUT2D eigenvalue weighted by atomic mass is 19.1. The molecule has 0 aliphatic carbocycles. The molecule has 0 saturated heterocycles. The van der Waals surface area contributed by atoms with Gasteiger partial charge in [-0.1, -0.05) is 12.1 Å². The van der Waals surface area contributed by atoms with Crippen LogP contribution in [0.15, 0.2) is 42.5 Å². The number of amides is 1. The minimum Gasteiger partial charge on any atom is -0.399 e. The van der Waals surface area contributed by atoms with Crippen LogP contribution in [-0.2, 0) is 6.54 Å². The number of anilines is 1. The number of halogens is 1. The second-order valence-electron chi connectivity index (χ2n) is 4.69. The Balaban J connectivity index is 1.79. The fraction of sp³-hybridized carbons (Fsp3) is 0.0667. The number of hydrogen-bond acceptors (Lipinski definition) is 3. The lowest BCUT2D eigenvalue weighted by Gasteiger charge is -2.04. The zero-order chi connectivity index (χ0) is 14.8. The molecule has 0 unspecified atom stereocenters. The summed E-state index contributed by atoms with van der Waals surface area (Å²) in [7, 11) is 0. The molecule has 5 nitrogen and oxygen atoms in total. The molecule has 0 saturated carbocycles. The van der Waals surface area contributed by atoms with Crippen molar-refractivity contribution in [1.29, 1.82) is 0 Å². The third-order valence-electron chi connectivity index (χ3n) is 3.14. The molecule has 1 amide bonds. The van der Waals surface area contributed by atoms with Crippen molar-refractivity contribution in [2.24, 2.45) is 0 Å². The van der Waals surface area contributed by atoms with Gasteiger partial charge in [0.1, 0.15) is 5.82 Å². The van der Waals surface area contributed by atoms with Gasteiger partial charge in [-0.2, -0.15) is 5.10 Å². The summed E-state index contributed by atoms with van der Waals surface area (Å²) in [4.78, 5) is 12.2. The van der Waals surface area contributed by atoms with E-state index >= 15 is 0 Å². The van der Waals surface area contributed by atoms with Crippen LogP contribution in [0.2, 0.25) is 0 Å². The van der Waals surface area contributed by atoms with Crippen molar-refractivity contribution in [3.8, 4) is 0 Å². The van der Waals surface area contributed by atoms with Gasteiger partial charge in [0.2, 0.25) is 0 Å². The number of hydrogen-bond donors (Lipinski definition) is 3. The number of carbonyl (C=O) groups excluding carboxylic acids is 1. The number of carbonyl (C=O) groups is 1. The van der Waals surface area contributed by atoms with Gasteiger partial charge in [-0.3, -0.25) is 9.89 Å². The molecule has 3 rings (SSSR count). The summed E-state index contributed by atoms with van der Waals surface area (Å²) in [5.74, 6) is -0.671. The summed E-state index contributed by atoms with van der Waals surface area (Å²) >= 11 is 0. The summed E-state index contributed by atoms with van der Waals surface area (Å²) in [6.45, 7) is 0.229. The van der Waals surface area contributed by atoms with E-state index in [-0.39, 0.29) is 24.0 Å². The van der Waals surface area contributed by atoms with Crippen LogP contribution in [0.3, 0.4) is 0 Å². The van der Waals surface area contributed by atoms with Gasteiger partial charge in [-0.25, -0.2) is 4.39 Å². The fourth-order valence-corrected chi connectivity index (χ4v) is 2.12. The molecule has 0 aliphatic heterocycles. The van der Waals surface area contributed by atoms with Gasteiger partial charge in [-0.05, 0) is 35.9 Å². The zero-order valence-corrected chi connectivity index (χ0v) is 11.1. The van der Waals surface area contributed by atoms with Crippen molar-refractivity contribution in [2.45, 2.75) is 6.54 Å². The van der Waals surface area contributed by atoms with Gasteiger partial charge < -0.3 is 11.1 Å². The quantitative estimate of drug-likeness (QED) is 0.645. The van der Waals surface area contributed by atoms with Gasteiger partial charge in [0, 0.05) is 17.6 Å². The summed E-state index contributed by atoms with van der Waals surface area (Å²) in [5, 5.41) is 10.1. The number of nitrogen functional groups attached to an aromatic ring is 1. The number of nitrogens with one attached hydrogen (secondary N) is 2. The topological polar surface area (TPSA) is 83.8 Å². The number of fused-ring (bicyclic) bond motifs is 1. The number of benzene rings is 2. The molecule has 4 N–H and O–H groups in total. The normalized spacial score (nSPS) is 10.7. The predicted molar refractivity (Wildman–Crippen MR) is 78.1 cm³/mol. The first kappa shape index (κ1) is 13.1. The van der Waals surface area contributed by atoms with E-state index < -0.39 is 0 Å². The molecule has 0 spiro atoms.